The lowest BCUT2D eigenvalue weighted by Crippen LogP contribution is -2.35. The van der Waals surface area contributed by atoms with Crippen LogP contribution >= 0.6 is 11.8 Å². The molecule has 3 rings (SSSR count). The van der Waals surface area contributed by atoms with Gasteiger partial charge in [0, 0.05) is 6.07 Å². The van der Waals surface area contributed by atoms with E-state index in [9.17, 15) is 34.6 Å². The third-order valence-electron chi connectivity index (χ3n) is 4.82. The molecule has 2 aromatic carbocycles. The van der Waals surface area contributed by atoms with Crippen molar-refractivity contribution in [3.63, 3.8) is 0 Å². The highest BCUT2D eigenvalue weighted by molar-refractivity contribution is 8.18. The number of ether oxygens (including phenoxy) is 2. The van der Waals surface area contributed by atoms with Gasteiger partial charge in [-0.2, -0.15) is 0 Å². The molecule has 0 aliphatic carbocycles. The molecule has 2 aromatic rings. The van der Waals surface area contributed by atoms with E-state index >= 15 is 0 Å². The molecule has 1 fully saturated rings. The lowest BCUT2D eigenvalue weighted by atomic mass is 10.2. The molecule has 1 saturated heterocycles. The normalized spacial score (nSPS) is 15.3. The molecule has 35 heavy (non-hydrogen) atoms. The van der Waals surface area contributed by atoms with Crippen LogP contribution in [0.1, 0.15) is 25.8 Å². The van der Waals surface area contributed by atoms with Crippen LogP contribution in [0.15, 0.2) is 47.4 Å². The maximum atomic E-state index is 12.6. The smallest absolute Gasteiger partial charge is 0.326 e. The zero-order valence-corrected chi connectivity index (χ0v) is 19.4. The van der Waals surface area contributed by atoms with Gasteiger partial charge in [0.05, 0.1) is 26.9 Å². The van der Waals surface area contributed by atoms with Crippen molar-refractivity contribution in [2.24, 2.45) is 0 Å². The standard InChI is InChI=1S/C22H19N3O9S/c1-3-13(2)33-20(26)12-23-21(27)19(35-22(23)28)10-14-4-7-16(8-5-14)34-18-9-6-15(24(29)30)11-17(18)25(31)32/h4-11,13H,3,12H2,1-2H3/b19-10+/t13-/m1/s1. The molecule has 12 nitrogen and oxygen atoms in total. The number of nitro groups is 2. The summed E-state index contributed by atoms with van der Waals surface area (Å²) in [4.78, 5) is 58.2. The first-order valence-electron chi connectivity index (χ1n) is 10.2. The lowest BCUT2D eigenvalue weighted by molar-refractivity contribution is -0.394. The Balaban J connectivity index is 1.72. The third kappa shape index (κ3) is 6.20. The van der Waals surface area contributed by atoms with Crippen LogP contribution in [-0.4, -0.2) is 44.5 Å². The third-order valence-corrected chi connectivity index (χ3v) is 5.73. The molecule has 0 aromatic heterocycles. The van der Waals surface area contributed by atoms with E-state index in [0.717, 1.165) is 23.1 Å². The number of hydrogen-bond acceptors (Lipinski definition) is 10. The molecule has 0 unspecified atom stereocenters. The van der Waals surface area contributed by atoms with Gasteiger partial charge in [-0.05, 0) is 54.9 Å². The Hall–Kier alpha value is -4.26. The van der Waals surface area contributed by atoms with Crippen LogP contribution < -0.4 is 4.74 Å². The molecule has 0 radical (unpaired) electrons. The number of hydrogen-bond donors (Lipinski definition) is 0. The molecule has 0 bridgehead atoms. The van der Waals surface area contributed by atoms with Crippen LogP contribution in [0.5, 0.6) is 11.5 Å². The minimum Gasteiger partial charge on any atom is -0.461 e. The second kappa shape index (κ2) is 10.8. The largest absolute Gasteiger partial charge is 0.461 e. The van der Waals surface area contributed by atoms with E-state index in [2.05, 4.69) is 0 Å². The highest BCUT2D eigenvalue weighted by Gasteiger charge is 2.36. The topological polar surface area (TPSA) is 159 Å². The monoisotopic (exact) mass is 501 g/mol. The number of nitro benzene ring substituents is 2. The molecule has 2 amide bonds. The summed E-state index contributed by atoms with van der Waals surface area (Å²) >= 11 is 0.688. The number of nitrogens with zero attached hydrogens (tertiary/aromatic N) is 3. The maximum absolute atomic E-state index is 12.6. The van der Waals surface area contributed by atoms with Crippen LogP contribution in [-0.2, 0) is 14.3 Å². The fourth-order valence-corrected chi connectivity index (χ4v) is 3.71. The van der Waals surface area contributed by atoms with Crippen molar-refractivity contribution in [1.29, 1.82) is 0 Å². The molecular formula is C22H19N3O9S. The second-order valence-corrected chi connectivity index (χ2v) is 8.31. The Morgan fingerprint density at radius 1 is 1.11 bits per heavy atom. The number of esters is 1. The molecule has 0 spiro atoms. The molecule has 1 aliphatic heterocycles. The van der Waals surface area contributed by atoms with Crippen LogP contribution in [0.4, 0.5) is 16.2 Å². The van der Waals surface area contributed by atoms with Gasteiger partial charge in [0.15, 0.2) is 0 Å². The van der Waals surface area contributed by atoms with Gasteiger partial charge in [-0.15, -0.1) is 0 Å². The van der Waals surface area contributed by atoms with Crippen molar-refractivity contribution >= 4 is 46.3 Å². The Labute approximate surface area is 202 Å². The number of rotatable bonds is 9. The van der Waals surface area contributed by atoms with Crippen LogP contribution in [0.25, 0.3) is 6.08 Å². The summed E-state index contributed by atoms with van der Waals surface area (Å²) < 4.78 is 10.6. The predicted molar refractivity (Wildman–Crippen MR) is 125 cm³/mol. The fourth-order valence-electron chi connectivity index (χ4n) is 2.87. The molecule has 182 valence electrons. The number of imide groups is 1. The number of carbonyl (C=O) groups is 3. The van der Waals surface area contributed by atoms with Crippen LogP contribution in [0.3, 0.4) is 0 Å². The number of non-ortho nitro benzene ring substituents is 1. The Morgan fingerprint density at radius 3 is 2.40 bits per heavy atom. The number of thioether (sulfide) groups is 1. The zero-order valence-electron chi connectivity index (χ0n) is 18.5. The van der Waals surface area contributed by atoms with E-state index in [1.165, 1.54) is 18.2 Å². The van der Waals surface area contributed by atoms with Crippen molar-refractivity contribution in [1.82, 2.24) is 4.90 Å². The molecule has 0 saturated carbocycles. The van der Waals surface area contributed by atoms with Gasteiger partial charge in [-0.3, -0.25) is 39.5 Å². The summed E-state index contributed by atoms with van der Waals surface area (Å²) in [5, 5.41) is 21.5. The van der Waals surface area contributed by atoms with Gasteiger partial charge in [0.2, 0.25) is 5.75 Å². The molecule has 1 heterocycles. The fraction of sp³-hybridized carbons (Fsp3) is 0.227. The average molecular weight is 501 g/mol. The van der Waals surface area contributed by atoms with E-state index in [1.54, 1.807) is 19.1 Å². The van der Waals surface area contributed by atoms with E-state index in [0.29, 0.717) is 23.7 Å². The van der Waals surface area contributed by atoms with Gasteiger partial charge in [-0.1, -0.05) is 19.1 Å². The quantitative estimate of drug-likeness (QED) is 0.204. The van der Waals surface area contributed by atoms with E-state index < -0.39 is 44.9 Å². The van der Waals surface area contributed by atoms with Crippen LogP contribution in [0.2, 0.25) is 0 Å². The van der Waals surface area contributed by atoms with Crippen molar-refractivity contribution in [2.75, 3.05) is 6.54 Å². The summed E-state index contributed by atoms with van der Waals surface area (Å²) in [5.41, 5.74) is -0.478. The zero-order chi connectivity index (χ0) is 25.7. The number of carbonyl (C=O) groups excluding carboxylic acids is 3. The Kier molecular flexibility index (Phi) is 7.81. The van der Waals surface area contributed by atoms with Gasteiger partial charge >= 0.3 is 11.7 Å². The Morgan fingerprint density at radius 2 is 1.80 bits per heavy atom. The van der Waals surface area contributed by atoms with E-state index in [1.807, 2.05) is 6.92 Å². The first-order valence-corrected chi connectivity index (χ1v) is 11.1. The molecule has 1 atom stereocenters. The van der Waals surface area contributed by atoms with Crippen molar-refractivity contribution < 1.29 is 33.7 Å². The Bertz CT molecular complexity index is 1230. The molecule has 1 aliphatic rings. The number of benzene rings is 2. The summed E-state index contributed by atoms with van der Waals surface area (Å²) in [6, 6.07) is 9.08. The van der Waals surface area contributed by atoms with E-state index in [4.69, 9.17) is 9.47 Å². The highest BCUT2D eigenvalue weighted by Crippen LogP contribution is 2.35. The predicted octanol–water partition coefficient (Wildman–Crippen LogP) is 4.67. The van der Waals surface area contributed by atoms with Gasteiger partial charge in [-0.25, -0.2) is 0 Å². The highest BCUT2D eigenvalue weighted by atomic mass is 32.2. The molecular weight excluding hydrogens is 482 g/mol. The second-order valence-electron chi connectivity index (χ2n) is 7.31. The van der Waals surface area contributed by atoms with Crippen molar-refractivity contribution in [2.45, 2.75) is 26.4 Å². The average Bonchev–Trinajstić information content (AvgIpc) is 3.07. The molecule has 0 N–H and O–H groups in total. The van der Waals surface area contributed by atoms with E-state index in [-0.39, 0.29) is 22.5 Å². The summed E-state index contributed by atoms with van der Waals surface area (Å²) in [5.74, 6) is -1.27. The SMILES string of the molecule is CC[C@@H](C)OC(=O)CN1C(=O)S/C(=C/c2ccc(Oc3ccc([N+](=O)[O-])cc3[N+](=O)[O-])cc2)C1=O. The minimum absolute atomic E-state index is 0.117. The summed E-state index contributed by atoms with van der Waals surface area (Å²) in [7, 11) is 0. The number of amides is 2. The van der Waals surface area contributed by atoms with Gasteiger partial charge in [0.1, 0.15) is 12.3 Å². The lowest BCUT2D eigenvalue weighted by Gasteiger charge is -2.14. The van der Waals surface area contributed by atoms with Crippen molar-refractivity contribution in [3.05, 3.63) is 73.2 Å². The minimum atomic E-state index is -0.786. The summed E-state index contributed by atoms with van der Waals surface area (Å²) in [6.07, 6.45) is 1.74. The molecule has 13 heteroatoms. The van der Waals surface area contributed by atoms with Crippen LogP contribution in [0, 0.1) is 20.2 Å². The first kappa shape index (κ1) is 25.4. The first-order chi connectivity index (χ1) is 16.6. The van der Waals surface area contributed by atoms with Gasteiger partial charge < -0.3 is 9.47 Å². The van der Waals surface area contributed by atoms with Crippen molar-refractivity contribution in [3.8, 4) is 11.5 Å². The maximum Gasteiger partial charge on any atom is 0.326 e. The summed E-state index contributed by atoms with van der Waals surface area (Å²) in [6.45, 7) is 3.07. The van der Waals surface area contributed by atoms with Gasteiger partial charge in [0.25, 0.3) is 16.8 Å².